The number of H-pyrrole nitrogens is 1. The van der Waals surface area contributed by atoms with Crippen LogP contribution in [0.25, 0.3) is 0 Å². The summed E-state index contributed by atoms with van der Waals surface area (Å²) in [4.78, 5) is 38.9. The van der Waals surface area contributed by atoms with E-state index in [4.69, 9.17) is 9.15 Å². The predicted octanol–water partition coefficient (Wildman–Crippen LogP) is 3.17. The first kappa shape index (κ1) is 17.7. The van der Waals surface area contributed by atoms with Crippen molar-refractivity contribution in [3.63, 3.8) is 0 Å². The summed E-state index contributed by atoms with van der Waals surface area (Å²) < 4.78 is 10.3. The van der Waals surface area contributed by atoms with Gasteiger partial charge in [0.15, 0.2) is 11.9 Å². The molecule has 0 saturated heterocycles. The van der Waals surface area contributed by atoms with Crippen LogP contribution in [-0.2, 0) is 16.0 Å². The number of hydrogen-bond donors (Lipinski definition) is 1. The molecule has 0 aliphatic rings. The van der Waals surface area contributed by atoms with Crippen molar-refractivity contribution in [1.29, 1.82) is 0 Å². The first-order chi connectivity index (χ1) is 11.3. The third-order valence-electron chi connectivity index (χ3n) is 3.87. The number of hydrogen-bond acceptors (Lipinski definition) is 5. The Kier molecular flexibility index (Phi) is 5.39. The zero-order chi connectivity index (χ0) is 17.9. The summed E-state index contributed by atoms with van der Waals surface area (Å²) in [6.07, 6.45) is 1.16. The highest BCUT2D eigenvalue weighted by atomic mass is 16.5. The van der Waals surface area contributed by atoms with Gasteiger partial charge in [-0.1, -0.05) is 0 Å². The van der Waals surface area contributed by atoms with Crippen LogP contribution in [0.3, 0.4) is 0 Å². The minimum atomic E-state index is -0.925. The standard InChI is InChI=1S/C18H21NO5/c1-10-16(12(3)20)11(2)19-17(10)18(22)13(4)24-15(21)8-7-14-6-5-9-23-14/h5-6,9,13,19H,7-8H2,1-4H3/t13-/m0/s1. The van der Waals surface area contributed by atoms with E-state index in [0.29, 0.717) is 34.7 Å². The summed E-state index contributed by atoms with van der Waals surface area (Å²) in [7, 11) is 0. The van der Waals surface area contributed by atoms with E-state index in [9.17, 15) is 14.4 Å². The Morgan fingerprint density at radius 2 is 2.00 bits per heavy atom. The molecular formula is C18H21NO5. The molecule has 0 aliphatic carbocycles. The molecule has 0 amide bonds. The average Bonchev–Trinajstić information content (AvgIpc) is 3.12. The normalized spacial score (nSPS) is 12.0. The van der Waals surface area contributed by atoms with Gasteiger partial charge in [-0.25, -0.2) is 0 Å². The molecule has 2 aromatic heterocycles. The van der Waals surface area contributed by atoms with E-state index in [1.807, 2.05) is 0 Å². The minimum absolute atomic E-state index is 0.108. The Morgan fingerprint density at radius 3 is 2.54 bits per heavy atom. The van der Waals surface area contributed by atoms with E-state index in [2.05, 4.69) is 4.98 Å². The first-order valence-electron chi connectivity index (χ1n) is 7.77. The molecule has 0 unspecified atom stereocenters. The molecule has 1 N–H and O–H groups in total. The van der Waals surface area contributed by atoms with Gasteiger partial charge in [0.25, 0.3) is 0 Å². The van der Waals surface area contributed by atoms with Gasteiger partial charge < -0.3 is 14.1 Å². The number of nitrogens with one attached hydrogen (secondary N) is 1. The second-order valence-corrected chi connectivity index (χ2v) is 5.76. The van der Waals surface area contributed by atoms with Gasteiger partial charge in [0.2, 0.25) is 5.78 Å². The van der Waals surface area contributed by atoms with Crippen molar-refractivity contribution in [2.24, 2.45) is 0 Å². The Labute approximate surface area is 140 Å². The second-order valence-electron chi connectivity index (χ2n) is 5.76. The highest BCUT2D eigenvalue weighted by Crippen LogP contribution is 2.20. The number of aromatic amines is 1. The van der Waals surface area contributed by atoms with Crippen LogP contribution in [0.1, 0.15) is 58.1 Å². The molecule has 128 valence electrons. The van der Waals surface area contributed by atoms with E-state index in [1.54, 1.807) is 26.0 Å². The van der Waals surface area contributed by atoms with Crippen molar-refractivity contribution in [1.82, 2.24) is 4.98 Å². The Balaban J connectivity index is 2.00. The van der Waals surface area contributed by atoms with E-state index in [1.165, 1.54) is 20.1 Å². The zero-order valence-electron chi connectivity index (χ0n) is 14.3. The molecule has 0 bridgehead atoms. The van der Waals surface area contributed by atoms with Gasteiger partial charge in [0.1, 0.15) is 5.76 Å². The lowest BCUT2D eigenvalue weighted by atomic mass is 10.0. The van der Waals surface area contributed by atoms with E-state index in [0.717, 1.165) is 0 Å². The Bertz CT molecular complexity index is 755. The number of ether oxygens (including phenoxy) is 1. The summed E-state index contributed by atoms with van der Waals surface area (Å²) >= 11 is 0. The lowest BCUT2D eigenvalue weighted by Crippen LogP contribution is -2.25. The van der Waals surface area contributed by atoms with Gasteiger partial charge in [0, 0.05) is 17.7 Å². The second kappa shape index (κ2) is 7.29. The molecule has 6 nitrogen and oxygen atoms in total. The van der Waals surface area contributed by atoms with Crippen molar-refractivity contribution < 1.29 is 23.5 Å². The highest BCUT2D eigenvalue weighted by molar-refractivity contribution is 6.05. The van der Waals surface area contributed by atoms with Crippen LogP contribution in [0.4, 0.5) is 0 Å². The highest BCUT2D eigenvalue weighted by Gasteiger charge is 2.25. The van der Waals surface area contributed by atoms with Crippen LogP contribution in [-0.4, -0.2) is 28.6 Å². The molecule has 0 fully saturated rings. The molecular weight excluding hydrogens is 310 g/mol. The average molecular weight is 331 g/mol. The molecule has 2 aromatic rings. The Hall–Kier alpha value is -2.63. The number of carbonyl (C=O) groups excluding carboxylic acids is 3. The van der Waals surface area contributed by atoms with Gasteiger partial charge in [-0.2, -0.15) is 0 Å². The van der Waals surface area contributed by atoms with Crippen molar-refractivity contribution in [3.05, 3.63) is 46.7 Å². The number of carbonyl (C=O) groups is 3. The number of Topliss-reactive ketones (excluding diaryl/α,β-unsaturated/α-hetero) is 2. The van der Waals surface area contributed by atoms with Crippen LogP contribution in [0.15, 0.2) is 22.8 Å². The molecule has 0 spiro atoms. The fourth-order valence-electron chi connectivity index (χ4n) is 2.72. The van der Waals surface area contributed by atoms with Crippen LogP contribution in [0.2, 0.25) is 0 Å². The lowest BCUT2D eigenvalue weighted by Gasteiger charge is -2.12. The number of aryl methyl sites for hydroxylation is 2. The molecule has 6 heteroatoms. The third kappa shape index (κ3) is 3.82. The quantitative estimate of drug-likeness (QED) is 0.622. The first-order valence-corrected chi connectivity index (χ1v) is 7.77. The minimum Gasteiger partial charge on any atom is -0.469 e. The summed E-state index contributed by atoms with van der Waals surface area (Å²) in [5.74, 6) is -0.245. The fourth-order valence-corrected chi connectivity index (χ4v) is 2.72. The van der Waals surface area contributed by atoms with Gasteiger partial charge in [-0.3, -0.25) is 14.4 Å². The smallest absolute Gasteiger partial charge is 0.306 e. The number of ketones is 2. The van der Waals surface area contributed by atoms with Crippen molar-refractivity contribution >= 4 is 17.5 Å². The van der Waals surface area contributed by atoms with E-state index < -0.39 is 12.1 Å². The number of rotatable bonds is 7. The molecule has 2 rings (SSSR count). The molecule has 24 heavy (non-hydrogen) atoms. The zero-order valence-corrected chi connectivity index (χ0v) is 14.3. The summed E-state index contributed by atoms with van der Waals surface area (Å²) in [5, 5.41) is 0. The molecule has 0 aliphatic heterocycles. The van der Waals surface area contributed by atoms with Crippen LogP contribution >= 0.6 is 0 Å². The van der Waals surface area contributed by atoms with Crippen LogP contribution in [0, 0.1) is 13.8 Å². The summed E-state index contributed by atoms with van der Waals surface area (Å²) in [6.45, 7) is 6.42. The van der Waals surface area contributed by atoms with Crippen molar-refractivity contribution in [3.8, 4) is 0 Å². The predicted molar refractivity (Wildman–Crippen MR) is 87.2 cm³/mol. The van der Waals surface area contributed by atoms with Crippen LogP contribution in [0.5, 0.6) is 0 Å². The lowest BCUT2D eigenvalue weighted by molar-refractivity contribution is -0.146. The van der Waals surface area contributed by atoms with Crippen molar-refractivity contribution in [2.75, 3.05) is 0 Å². The van der Waals surface area contributed by atoms with E-state index in [-0.39, 0.29) is 18.0 Å². The van der Waals surface area contributed by atoms with Crippen molar-refractivity contribution in [2.45, 2.75) is 46.6 Å². The Morgan fingerprint density at radius 1 is 1.29 bits per heavy atom. The number of esters is 1. The topological polar surface area (TPSA) is 89.4 Å². The van der Waals surface area contributed by atoms with E-state index >= 15 is 0 Å². The molecule has 0 aromatic carbocycles. The number of furan rings is 1. The van der Waals surface area contributed by atoms with Gasteiger partial charge in [-0.05, 0) is 45.4 Å². The van der Waals surface area contributed by atoms with Crippen LogP contribution < -0.4 is 0 Å². The summed E-state index contributed by atoms with van der Waals surface area (Å²) in [5.41, 5.74) is 2.04. The SMILES string of the molecule is CC(=O)c1c(C)[nH]c(C(=O)[C@H](C)OC(=O)CCc2ccco2)c1C. The van der Waals surface area contributed by atoms with Gasteiger partial charge in [0.05, 0.1) is 18.4 Å². The third-order valence-corrected chi connectivity index (χ3v) is 3.87. The van der Waals surface area contributed by atoms with Gasteiger partial charge in [-0.15, -0.1) is 0 Å². The monoisotopic (exact) mass is 331 g/mol. The summed E-state index contributed by atoms with van der Waals surface area (Å²) in [6, 6.07) is 3.52. The maximum atomic E-state index is 12.5. The molecule has 2 heterocycles. The molecule has 0 saturated carbocycles. The molecule has 0 radical (unpaired) electrons. The fraction of sp³-hybridized carbons (Fsp3) is 0.389. The number of aromatic nitrogens is 1. The maximum absolute atomic E-state index is 12.5. The maximum Gasteiger partial charge on any atom is 0.306 e. The largest absolute Gasteiger partial charge is 0.469 e. The molecule has 1 atom stereocenters. The van der Waals surface area contributed by atoms with Gasteiger partial charge >= 0.3 is 5.97 Å².